The van der Waals surface area contributed by atoms with Crippen LogP contribution in [-0.2, 0) is 5.92 Å². The molecule has 0 bridgehead atoms. The first-order valence-electron chi connectivity index (χ1n) is 5.28. The van der Waals surface area contributed by atoms with Crippen molar-refractivity contribution in [3.8, 4) is 5.75 Å². The van der Waals surface area contributed by atoms with Crippen molar-refractivity contribution in [2.75, 3.05) is 13.7 Å². The molecule has 1 rings (SSSR count). The molecule has 2 nitrogen and oxygen atoms in total. The first-order chi connectivity index (χ1) is 8.17. The largest absolute Gasteiger partial charge is 0.494 e. The lowest BCUT2D eigenvalue weighted by Gasteiger charge is -2.33. The van der Waals surface area contributed by atoms with E-state index in [9.17, 15) is 17.6 Å². The average Bonchev–Trinajstić information content (AvgIpc) is 2.31. The van der Waals surface area contributed by atoms with Gasteiger partial charge in [-0.15, -0.1) is 0 Å². The predicted octanol–water partition coefficient (Wildman–Crippen LogP) is 3.05. The van der Waals surface area contributed by atoms with Gasteiger partial charge in [-0.1, -0.05) is 13.8 Å². The molecule has 0 radical (unpaired) electrons. The fourth-order valence-corrected chi connectivity index (χ4v) is 1.42. The van der Waals surface area contributed by atoms with Crippen LogP contribution >= 0.6 is 0 Å². The highest BCUT2D eigenvalue weighted by Crippen LogP contribution is 2.45. The highest BCUT2D eigenvalue weighted by atomic mass is 19.3. The fourth-order valence-electron chi connectivity index (χ4n) is 1.42. The van der Waals surface area contributed by atoms with Gasteiger partial charge in [-0.05, 0) is 6.07 Å². The number of hydrogen-bond donors (Lipinski definition) is 1. The number of alkyl halides is 2. The van der Waals surface area contributed by atoms with Gasteiger partial charge >= 0.3 is 0 Å². The molecular weight excluding hydrogens is 250 g/mol. The molecule has 2 N–H and O–H groups in total. The lowest BCUT2D eigenvalue weighted by atomic mass is 9.81. The van der Waals surface area contributed by atoms with Gasteiger partial charge in [-0.2, -0.15) is 0 Å². The van der Waals surface area contributed by atoms with E-state index in [1.54, 1.807) is 0 Å². The third kappa shape index (κ3) is 2.29. The molecule has 0 unspecified atom stereocenters. The van der Waals surface area contributed by atoms with Gasteiger partial charge in [0.1, 0.15) is 5.82 Å². The minimum atomic E-state index is -3.58. The summed E-state index contributed by atoms with van der Waals surface area (Å²) in [6.45, 7) is 2.01. The van der Waals surface area contributed by atoms with Gasteiger partial charge in [-0.3, -0.25) is 0 Å². The quantitative estimate of drug-likeness (QED) is 0.849. The third-order valence-corrected chi connectivity index (χ3v) is 2.94. The molecule has 0 aromatic heterocycles. The molecule has 0 saturated carbocycles. The molecule has 1 aromatic carbocycles. The molecular formula is C12H15F4NO. The summed E-state index contributed by atoms with van der Waals surface area (Å²) in [4.78, 5) is 0. The minimum absolute atomic E-state index is 0.368. The monoisotopic (exact) mass is 265 g/mol. The van der Waals surface area contributed by atoms with E-state index >= 15 is 0 Å². The Kier molecular flexibility index (Phi) is 3.90. The van der Waals surface area contributed by atoms with Crippen LogP contribution in [0.25, 0.3) is 0 Å². The van der Waals surface area contributed by atoms with Crippen molar-refractivity contribution in [1.29, 1.82) is 0 Å². The Hall–Kier alpha value is -1.30. The molecule has 0 spiro atoms. The minimum Gasteiger partial charge on any atom is -0.494 e. The van der Waals surface area contributed by atoms with Gasteiger partial charge < -0.3 is 10.5 Å². The van der Waals surface area contributed by atoms with Crippen LogP contribution in [0.2, 0.25) is 0 Å². The van der Waals surface area contributed by atoms with E-state index in [0.29, 0.717) is 12.1 Å². The van der Waals surface area contributed by atoms with Crippen molar-refractivity contribution < 1.29 is 22.3 Å². The number of halogens is 4. The van der Waals surface area contributed by atoms with Crippen LogP contribution in [0, 0.1) is 17.0 Å². The number of rotatable bonds is 4. The predicted molar refractivity (Wildman–Crippen MR) is 59.6 cm³/mol. The fraction of sp³-hybridized carbons (Fsp3) is 0.500. The Bertz CT molecular complexity index is 446. The molecule has 0 amide bonds. The second-order valence-electron chi connectivity index (χ2n) is 4.63. The standard InChI is InChI=1S/C12H15F4NO/c1-11(2,6-17)12(15,16)7-4-9(14)10(18-3)5-8(7)13/h4-5H,6,17H2,1-3H3. The van der Waals surface area contributed by atoms with Crippen molar-refractivity contribution in [1.82, 2.24) is 0 Å². The maximum Gasteiger partial charge on any atom is 0.282 e. The SMILES string of the molecule is COc1cc(F)c(C(F)(F)C(C)(C)CN)cc1F. The zero-order valence-corrected chi connectivity index (χ0v) is 10.4. The summed E-state index contributed by atoms with van der Waals surface area (Å²) in [5.74, 6) is -6.27. The first-order valence-corrected chi connectivity index (χ1v) is 5.28. The number of ether oxygens (including phenoxy) is 1. The maximum atomic E-state index is 14.1. The van der Waals surface area contributed by atoms with E-state index < -0.39 is 34.3 Å². The Morgan fingerprint density at radius 1 is 1.17 bits per heavy atom. The van der Waals surface area contributed by atoms with Crippen LogP contribution < -0.4 is 10.5 Å². The number of nitrogens with two attached hydrogens (primary N) is 1. The van der Waals surface area contributed by atoms with E-state index in [4.69, 9.17) is 5.73 Å². The van der Waals surface area contributed by atoms with Gasteiger partial charge in [0.15, 0.2) is 11.6 Å². The maximum absolute atomic E-state index is 14.1. The van der Waals surface area contributed by atoms with Gasteiger partial charge in [0, 0.05) is 18.0 Å². The normalized spacial score (nSPS) is 12.7. The number of hydrogen-bond acceptors (Lipinski definition) is 2. The molecule has 18 heavy (non-hydrogen) atoms. The van der Waals surface area contributed by atoms with Gasteiger partial charge in [0.05, 0.1) is 12.7 Å². The topological polar surface area (TPSA) is 35.2 Å². The van der Waals surface area contributed by atoms with E-state index in [-0.39, 0.29) is 6.54 Å². The molecule has 0 saturated heterocycles. The second-order valence-corrected chi connectivity index (χ2v) is 4.63. The summed E-state index contributed by atoms with van der Waals surface area (Å²) < 4.78 is 59.7. The highest BCUT2D eigenvalue weighted by Gasteiger charge is 2.49. The summed E-state index contributed by atoms with van der Waals surface area (Å²) in [7, 11) is 1.12. The number of benzene rings is 1. The summed E-state index contributed by atoms with van der Waals surface area (Å²) in [6, 6.07) is 1.05. The molecule has 0 aliphatic rings. The van der Waals surface area contributed by atoms with E-state index in [1.807, 2.05) is 0 Å². The highest BCUT2D eigenvalue weighted by molar-refractivity contribution is 5.34. The molecule has 102 valence electrons. The Labute approximate surface area is 103 Å². The van der Waals surface area contributed by atoms with E-state index in [2.05, 4.69) is 4.74 Å². The van der Waals surface area contributed by atoms with Crippen LogP contribution in [0.3, 0.4) is 0 Å². The van der Waals surface area contributed by atoms with Crippen molar-refractivity contribution in [3.63, 3.8) is 0 Å². The summed E-state index contributed by atoms with van der Waals surface area (Å²) in [6.07, 6.45) is 0. The molecule has 0 atom stereocenters. The smallest absolute Gasteiger partial charge is 0.282 e. The Morgan fingerprint density at radius 3 is 2.17 bits per heavy atom. The van der Waals surface area contributed by atoms with Crippen LogP contribution in [-0.4, -0.2) is 13.7 Å². The van der Waals surface area contributed by atoms with Gasteiger partial charge in [-0.25, -0.2) is 17.6 Å². The molecule has 6 heteroatoms. The van der Waals surface area contributed by atoms with Crippen LogP contribution in [0.15, 0.2) is 12.1 Å². The molecule has 1 aromatic rings. The summed E-state index contributed by atoms with van der Waals surface area (Å²) >= 11 is 0. The summed E-state index contributed by atoms with van der Waals surface area (Å²) in [5.41, 5.74) is 2.55. The Morgan fingerprint density at radius 2 is 1.72 bits per heavy atom. The zero-order chi connectivity index (χ0) is 14.1. The van der Waals surface area contributed by atoms with Crippen molar-refractivity contribution in [3.05, 3.63) is 29.3 Å². The van der Waals surface area contributed by atoms with Crippen molar-refractivity contribution >= 4 is 0 Å². The zero-order valence-electron chi connectivity index (χ0n) is 10.4. The van der Waals surface area contributed by atoms with Gasteiger partial charge in [0.2, 0.25) is 0 Å². The molecule has 0 aliphatic heterocycles. The Balaban J connectivity index is 3.38. The molecule has 0 fully saturated rings. The third-order valence-electron chi connectivity index (χ3n) is 2.94. The van der Waals surface area contributed by atoms with Crippen molar-refractivity contribution in [2.45, 2.75) is 19.8 Å². The lowest BCUT2D eigenvalue weighted by molar-refractivity contribution is -0.111. The average molecular weight is 265 g/mol. The van der Waals surface area contributed by atoms with E-state index in [0.717, 1.165) is 7.11 Å². The summed E-state index contributed by atoms with van der Waals surface area (Å²) in [5, 5.41) is 0. The van der Waals surface area contributed by atoms with Crippen LogP contribution in [0.5, 0.6) is 5.75 Å². The molecule has 0 aliphatic carbocycles. The van der Waals surface area contributed by atoms with Crippen molar-refractivity contribution in [2.24, 2.45) is 11.1 Å². The van der Waals surface area contributed by atoms with Crippen LogP contribution in [0.4, 0.5) is 17.6 Å². The van der Waals surface area contributed by atoms with E-state index in [1.165, 1.54) is 13.8 Å². The first kappa shape index (κ1) is 14.8. The van der Waals surface area contributed by atoms with Crippen LogP contribution in [0.1, 0.15) is 19.4 Å². The molecule has 0 heterocycles. The lowest BCUT2D eigenvalue weighted by Crippen LogP contribution is -2.40. The second kappa shape index (κ2) is 4.76. The van der Waals surface area contributed by atoms with Gasteiger partial charge in [0.25, 0.3) is 5.92 Å². The number of methoxy groups -OCH3 is 1.